The van der Waals surface area contributed by atoms with Crippen molar-refractivity contribution >= 4 is 22.8 Å². The lowest BCUT2D eigenvalue weighted by molar-refractivity contribution is -0.161. The van der Waals surface area contributed by atoms with E-state index in [-0.39, 0.29) is 24.7 Å². The molecule has 6 rings (SSSR count). The van der Waals surface area contributed by atoms with E-state index >= 15 is 0 Å². The molecule has 0 radical (unpaired) electrons. The summed E-state index contributed by atoms with van der Waals surface area (Å²) in [6.45, 7) is 9.99. The van der Waals surface area contributed by atoms with Crippen LogP contribution in [0.1, 0.15) is 71.4 Å². The minimum absolute atomic E-state index is 0.0199. The van der Waals surface area contributed by atoms with Crippen LogP contribution in [0.25, 0.3) is 11.0 Å². The molecule has 2 aromatic heterocycles. The Kier molecular flexibility index (Phi) is 8.96. The van der Waals surface area contributed by atoms with Gasteiger partial charge in [-0.25, -0.2) is 9.97 Å². The number of carboxylic acids is 1. The van der Waals surface area contributed by atoms with Crippen molar-refractivity contribution in [2.45, 2.75) is 102 Å². The number of ether oxygens (including phenoxy) is 4. The number of benzene rings is 1. The van der Waals surface area contributed by atoms with Crippen molar-refractivity contribution in [1.29, 1.82) is 0 Å². The standard InChI is InChI=1S/C34H47N5O6/c1-20(2)39(24-13-21(14-24)7-10-29(40)41)18-23-15-27(31-30(23)44-34(3,4)45-31)38-12-11-26-32(36-19-37-33(26)38)35-17-22-8-9-25(42-5)16-28(22)43-6/h8-9,11-12,16,19-21,23-24,27,30-31H,7,10,13-15,17-18H2,1-6H3,(H,40,41)(H,35,36,37)/t21?,23-,24?,27-,30-,31+/m1/s1. The maximum atomic E-state index is 11.1. The van der Waals surface area contributed by atoms with E-state index in [0.717, 1.165) is 66.1 Å². The van der Waals surface area contributed by atoms with Crippen LogP contribution in [0, 0.1) is 11.8 Å². The van der Waals surface area contributed by atoms with Crippen LogP contribution in [-0.2, 0) is 20.8 Å². The molecule has 11 nitrogen and oxygen atoms in total. The summed E-state index contributed by atoms with van der Waals surface area (Å²) < 4.78 is 26.3. The van der Waals surface area contributed by atoms with Crippen molar-refractivity contribution in [3.8, 4) is 11.5 Å². The summed E-state index contributed by atoms with van der Waals surface area (Å²) in [5, 5.41) is 13.5. The monoisotopic (exact) mass is 621 g/mol. The number of hydrogen-bond acceptors (Lipinski definition) is 9. The van der Waals surface area contributed by atoms with E-state index in [0.29, 0.717) is 30.5 Å². The molecule has 4 atom stereocenters. The SMILES string of the molecule is COc1ccc(CNc2ncnc3c2ccn3[C@@H]2C[C@H](CN(C(C)C)C3CC(CCC(=O)O)C3)[C@H]3OC(C)(C)O[C@H]32)c(OC)c1. The van der Waals surface area contributed by atoms with Crippen molar-refractivity contribution in [2.24, 2.45) is 11.8 Å². The van der Waals surface area contributed by atoms with Gasteiger partial charge in [-0.2, -0.15) is 0 Å². The summed E-state index contributed by atoms with van der Waals surface area (Å²) in [6.07, 6.45) is 7.69. The Labute approximate surface area is 265 Å². The van der Waals surface area contributed by atoms with Gasteiger partial charge < -0.3 is 33.9 Å². The van der Waals surface area contributed by atoms with Crippen molar-refractivity contribution in [2.75, 3.05) is 26.1 Å². The second kappa shape index (κ2) is 12.8. The number of hydrogen-bond donors (Lipinski definition) is 2. The molecule has 2 saturated carbocycles. The number of carbonyl (C=O) groups is 1. The summed E-state index contributed by atoms with van der Waals surface area (Å²) in [4.78, 5) is 23.0. The number of nitrogens with zero attached hydrogens (tertiary/aromatic N) is 4. The fourth-order valence-corrected chi connectivity index (χ4v) is 7.65. The second-order valence-electron chi connectivity index (χ2n) is 13.6. The van der Waals surface area contributed by atoms with Crippen LogP contribution >= 0.6 is 0 Å². The summed E-state index contributed by atoms with van der Waals surface area (Å²) >= 11 is 0. The predicted molar refractivity (Wildman–Crippen MR) is 171 cm³/mol. The molecule has 2 N–H and O–H groups in total. The van der Waals surface area contributed by atoms with Crippen LogP contribution < -0.4 is 14.8 Å². The fraction of sp³-hybridized carbons (Fsp3) is 0.618. The Morgan fingerprint density at radius 3 is 2.62 bits per heavy atom. The Balaban J connectivity index is 1.20. The van der Waals surface area contributed by atoms with Crippen LogP contribution in [0.15, 0.2) is 36.8 Å². The highest BCUT2D eigenvalue weighted by molar-refractivity contribution is 5.87. The van der Waals surface area contributed by atoms with E-state index in [9.17, 15) is 4.79 Å². The molecule has 1 aliphatic heterocycles. The van der Waals surface area contributed by atoms with Gasteiger partial charge in [-0.3, -0.25) is 9.69 Å². The Hall–Kier alpha value is -3.41. The fourth-order valence-electron chi connectivity index (χ4n) is 7.65. The van der Waals surface area contributed by atoms with E-state index in [2.05, 4.69) is 45.9 Å². The molecule has 11 heteroatoms. The predicted octanol–water partition coefficient (Wildman–Crippen LogP) is 5.50. The van der Waals surface area contributed by atoms with Gasteiger partial charge in [-0.15, -0.1) is 0 Å². The number of anilines is 1. The van der Waals surface area contributed by atoms with Crippen molar-refractivity contribution in [3.05, 3.63) is 42.4 Å². The summed E-state index contributed by atoms with van der Waals surface area (Å²) in [7, 11) is 3.30. The maximum Gasteiger partial charge on any atom is 0.303 e. The first kappa shape index (κ1) is 31.6. The highest BCUT2D eigenvalue weighted by atomic mass is 16.8. The van der Waals surface area contributed by atoms with E-state index in [1.54, 1.807) is 20.5 Å². The van der Waals surface area contributed by atoms with E-state index in [4.69, 9.17) is 29.0 Å². The number of aliphatic carboxylic acids is 1. The van der Waals surface area contributed by atoms with Crippen LogP contribution in [0.3, 0.4) is 0 Å². The molecule has 244 valence electrons. The van der Waals surface area contributed by atoms with E-state index in [1.807, 2.05) is 32.0 Å². The van der Waals surface area contributed by atoms with E-state index < -0.39 is 11.8 Å². The number of rotatable bonds is 13. The first-order valence-corrected chi connectivity index (χ1v) is 16.2. The smallest absolute Gasteiger partial charge is 0.303 e. The largest absolute Gasteiger partial charge is 0.497 e. The van der Waals surface area contributed by atoms with Gasteiger partial charge in [0, 0.05) is 55.3 Å². The molecule has 1 aromatic carbocycles. The third-order valence-electron chi connectivity index (χ3n) is 9.91. The zero-order chi connectivity index (χ0) is 31.9. The molecule has 45 heavy (non-hydrogen) atoms. The molecule has 2 aliphatic carbocycles. The van der Waals surface area contributed by atoms with Gasteiger partial charge in [0.05, 0.1) is 31.8 Å². The molecule has 3 fully saturated rings. The van der Waals surface area contributed by atoms with Gasteiger partial charge in [0.25, 0.3) is 0 Å². The van der Waals surface area contributed by atoms with Crippen molar-refractivity contribution in [1.82, 2.24) is 19.4 Å². The zero-order valence-electron chi connectivity index (χ0n) is 27.2. The van der Waals surface area contributed by atoms with Crippen LogP contribution in [0.2, 0.25) is 0 Å². The quantitative estimate of drug-likeness (QED) is 0.253. The minimum Gasteiger partial charge on any atom is -0.497 e. The van der Waals surface area contributed by atoms with Crippen molar-refractivity contribution < 1.29 is 28.8 Å². The molecule has 3 heterocycles. The third-order valence-corrected chi connectivity index (χ3v) is 9.91. The van der Waals surface area contributed by atoms with Crippen LogP contribution in [-0.4, -0.2) is 81.4 Å². The molecule has 0 unspecified atom stereocenters. The van der Waals surface area contributed by atoms with Gasteiger partial charge in [-0.05, 0) is 77.5 Å². The van der Waals surface area contributed by atoms with Gasteiger partial charge >= 0.3 is 5.97 Å². The minimum atomic E-state index is -0.702. The topological polar surface area (TPSA) is 120 Å². The van der Waals surface area contributed by atoms with Gasteiger partial charge in [0.1, 0.15) is 35.4 Å². The molecule has 0 bridgehead atoms. The lowest BCUT2D eigenvalue weighted by atomic mass is 9.76. The number of methoxy groups -OCH3 is 2. The normalized spacial score (nSPS) is 27.1. The number of fused-ring (bicyclic) bond motifs is 2. The highest BCUT2D eigenvalue weighted by Gasteiger charge is 2.55. The summed E-state index contributed by atoms with van der Waals surface area (Å²) in [5.74, 6) is 1.70. The molecule has 1 saturated heterocycles. The van der Waals surface area contributed by atoms with Crippen LogP contribution in [0.5, 0.6) is 11.5 Å². The highest BCUT2D eigenvalue weighted by Crippen LogP contribution is 2.49. The Bertz CT molecular complexity index is 1500. The maximum absolute atomic E-state index is 11.1. The first-order chi connectivity index (χ1) is 21.6. The summed E-state index contributed by atoms with van der Waals surface area (Å²) in [6, 6.07) is 8.82. The third kappa shape index (κ3) is 6.48. The van der Waals surface area contributed by atoms with Gasteiger partial charge in [-0.1, -0.05) is 0 Å². The lowest BCUT2D eigenvalue weighted by Crippen LogP contribution is -2.51. The molecule has 3 aliphatic rings. The zero-order valence-corrected chi connectivity index (χ0v) is 27.2. The number of carboxylic acid groups (broad SMARTS) is 1. The van der Waals surface area contributed by atoms with Gasteiger partial charge in [0.15, 0.2) is 5.79 Å². The Morgan fingerprint density at radius 1 is 1.13 bits per heavy atom. The van der Waals surface area contributed by atoms with Crippen molar-refractivity contribution in [3.63, 3.8) is 0 Å². The lowest BCUT2D eigenvalue weighted by Gasteiger charge is -2.46. The summed E-state index contributed by atoms with van der Waals surface area (Å²) in [5.41, 5.74) is 1.87. The first-order valence-electron chi connectivity index (χ1n) is 16.2. The molecule has 0 amide bonds. The number of aromatic nitrogens is 3. The van der Waals surface area contributed by atoms with E-state index in [1.165, 1.54) is 0 Å². The average Bonchev–Trinajstić information content (AvgIpc) is 3.65. The molecular formula is C34H47N5O6. The van der Waals surface area contributed by atoms with Crippen LogP contribution in [0.4, 0.5) is 5.82 Å². The molecule has 3 aromatic rings. The Morgan fingerprint density at radius 2 is 1.91 bits per heavy atom. The second-order valence-corrected chi connectivity index (χ2v) is 13.6. The molecule has 0 spiro atoms. The van der Waals surface area contributed by atoms with Gasteiger partial charge in [0.2, 0.25) is 0 Å². The average molecular weight is 622 g/mol. The molecular weight excluding hydrogens is 574 g/mol. The number of nitrogens with one attached hydrogen (secondary N) is 1.